The highest BCUT2D eigenvalue weighted by Crippen LogP contribution is 2.35. The van der Waals surface area contributed by atoms with Crippen molar-refractivity contribution in [2.75, 3.05) is 7.11 Å². The number of hydrogen-bond donors (Lipinski definition) is 0. The number of aromatic nitrogens is 1. The van der Waals surface area contributed by atoms with Crippen molar-refractivity contribution in [3.8, 4) is 5.75 Å². The zero-order valence-corrected chi connectivity index (χ0v) is 12.3. The van der Waals surface area contributed by atoms with Gasteiger partial charge in [-0.2, -0.15) is 13.2 Å². The Morgan fingerprint density at radius 1 is 1.29 bits per heavy atom. The summed E-state index contributed by atoms with van der Waals surface area (Å²) in [5.41, 5.74) is -2.22. The largest absolute Gasteiger partial charge is 0.573 e. The molecule has 0 aliphatic carbocycles. The third kappa shape index (κ3) is 5.21. The van der Waals surface area contributed by atoms with Crippen molar-refractivity contribution < 1.29 is 40.6 Å². The van der Waals surface area contributed by atoms with Crippen LogP contribution < -0.4 is 4.74 Å². The Balaban J connectivity index is 3.35. The van der Waals surface area contributed by atoms with Crippen LogP contribution in [-0.4, -0.2) is 24.4 Å². The van der Waals surface area contributed by atoms with Gasteiger partial charge in [0, 0.05) is 3.57 Å². The van der Waals surface area contributed by atoms with Crippen LogP contribution in [0.5, 0.6) is 5.75 Å². The van der Waals surface area contributed by atoms with Crippen molar-refractivity contribution in [2.24, 2.45) is 0 Å². The number of halogens is 7. The Kier molecular flexibility index (Phi) is 5.28. The fourth-order valence-corrected chi connectivity index (χ4v) is 1.97. The Hall–Kier alpha value is -1.27. The molecule has 0 aromatic carbocycles. The highest BCUT2D eigenvalue weighted by Gasteiger charge is 2.38. The molecule has 0 aliphatic rings. The third-order valence-electron chi connectivity index (χ3n) is 2.05. The molecule has 0 amide bonds. The van der Waals surface area contributed by atoms with Gasteiger partial charge >= 0.3 is 18.5 Å². The van der Waals surface area contributed by atoms with Gasteiger partial charge in [0.15, 0.2) is 11.4 Å². The van der Waals surface area contributed by atoms with Crippen LogP contribution in [0, 0.1) is 3.57 Å². The molecule has 0 bridgehead atoms. The summed E-state index contributed by atoms with van der Waals surface area (Å²) < 4.78 is 81.9. The standard InChI is InChI=1S/C10H6F6INO3/c1-20-7(19)3-5-6(21-10(14,15)16)2-4(17)8(18-5)9(11,12)13/h2H,3H2,1H3. The third-order valence-corrected chi connectivity index (χ3v) is 2.87. The molecular weight excluding hydrogens is 423 g/mol. The number of pyridine rings is 1. The van der Waals surface area contributed by atoms with E-state index in [1.54, 1.807) is 0 Å². The molecule has 0 radical (unpaired) electrons. The highest BCUT2D eigenvalue weighted by atomic mass is 127. The van der Waals surface area contributed by atoms with Crippen LogP contribution in [0.3, 0.4) is 0 Å². The lowest BCUT2D eigenvalue weighted by molar-refractivity contribution is -0.275. The first-order valence-electron chi connectivity index (χ1n) is 5.03. The topological polar surface area (TPSA) is 48.4 Å². The number of esters is 1. The van der Waals surface area contributed by atoms with Gasteiger partial charge in [0.1, 0.15) is 0 Å². The van der Waals surface area contributed by atoms with E-state index in [-0.39, 0.29) is 0 Å². The molecule has 4 nitrogen and oxygen atoms in total. The van der Waals surface area contributed by atoms with E-state index in [4.69, 9.17) is 0 Å². The van der Waals surface area contributed by atoms with Crippen LogP contribution in [0.4, 0.5) is 26.3 Å². The maximum Gasteiger partial charge on any atom is 0.573 e. The fraction of sp³-hybridized carbons (Fsp3) is 0.400. The Morgan fingerprint density at radius 3 is 2.29 bits per heavy atom. The van der Waals surface area contributed by atoms with Crippen LogP contribution >= 0.6 is 22.6 Å². The molecule has 0 fully saturated rings. The number of carbonyl (C=O) groups excluding carboxylic acids is 1. The van der Waals surface area contributed by atoms with Crippen molar-refractivity contribution in [1.29, 1.82) is 0 Å². The summed E-state index contributed by atoms with van der Waals surface area (Å²) in [7, 11) is 0.935. The quantitative estimate of drug-likeness (QED) is 0.421. The second-order valence-corrected chi connectivity index (χ2v) is 4.72. The number of ether oxygens (including phenoxy) is 2. The minimum atomic E-state index is -5.13. The summed E-state index contributed by atoms with van der Waals surface area (Å²) in [5, 5.41) is 0. The second kappa shape index (κ2) is 6.23. The molecule has 11 heteroatoms. The van der Waals surface area contributed by atoms with Crippen molar-refractivity contribution in [1.82, 2.24) is 4.98 Å². The van der Waals surface area contributed by atoms with Crippen LogP contribution in [-0.2, 0) is 22.1 Å². The molecule has 21 heavy (non-hydrogen) atoms. The Bertz CT molecular complexity index is 543. The van der Waals surface area contributed by atoms with E-state index in [9.17, 15) is 31.1 Å². The number of alkyl halides is 6. The van der Waals surface area contributed by atoms with Gasteiger partial charge in [0.05, 0.1) is 19.2 Å². The first-order chi connectivity index (χ1) is 9.44. The molecule has 0 saturated carbocycles. The van der Waals surface area contributed by atoms with E-state index in [2.05, 4.69) is 14.5 Å². The molecule has 118 valence electrons. The zero-order chi connectivity index (χ0) is 16.4. The van der Waals surface area contributed by atoms with Crippen molar-refractivity contribution >= 4 is 28.6 Å². The lowest BCUT2D eigenvalue weighted by Gasteiger charge is -2.15. The first-order valence-corrected chi connectivity index (χ1v) is 6.11. The van der Waals surface area contributed by atoms with E-state index in [0.29, 0.717) is 6.07 Å². The van der Waals surface area contributed by atoms with Crippen LogP contribution in [0.2, 0.25) is 0 Å². The predicted octanol–water partition coefficient (Wildman–Crippen LogP) is 3.32. The summed E-state index contributed by atoms with van der Waals surface area (Å²) in [6.45, 7) is 0. The molecule has 0 aliphatic heterocycles. The molecular formula is C10H6F6INO3. The minimum absolute atomic E-state index is 0.516. The molecule has 0 unspecified atom stereocenters. The number of carbonyl (C=O) groups is 1. The van der Waals surface area contributed by atoms with Crippen LogP contribution in [0.25, 0.3) is 0 Å². The highest BCUT2D eigenvalue weighted by molar-refractivity contribution is 14.1. The molecule has 0 atom stereocenters. The van der Waals surface area contributed by atoms with Gasteiger partial charge in [-0.05, 0) is 28.7 Å². The SMILES string of the molecule is COC(=O)Cc1nc(C(F)(F)F)c(I)cc1OC(F)(F)F. The normalized spacial score (nSPS) is 12.2. The van der Waals surface area contributed by atoms with Crippen molar-refractivity contribution in [3.05, 3.63) is 21.0 Å². The fourth-order valence-electron chi connectivity index (χ4n) is 1.26. The average Bonchev–Trinajstić information content (AvgIpc) is 2.28. The molecule has 0 N–H and O–H groups in total. The average molecular weight is 429 g/mol. The number of rotatable bonds is 3. The molecule has 1 heterocycles. The minimum Gasteiger partial charge on any atom is -0.469 e. The molecule has 1 rings (SSSR count). The Morgan fingerprint density at radius 2 is 1.86 bits per heavy atom. The van der Waals surface area contributed by atoms with Crippen molar-refractivity contribution in [2.45, 2.75) is 19.0 Å². The van der Waals surface area contributed by atoms with Gasteiger partial charge in [0.25, 0.3) is 0 Å². The molecule has 1 aromatic heterocycles. The van der Waals surface area contributed by atoms with Gasteiger partial charge in [-0.1, -0.05) is 0 Å². The van der Waals surface area contributed by atoms with E-state index < -0.39 is 45.6 Å². The molecule has 0 spiro atoms. The van der Waals surface area contributed by atoms with Crippen molar-refractivity contribution in [3.63, 3.8) is 0 Å². The van der Waals surface area contributed by atoms with E-state index in [1.807, 2.05) is 0 Å². The summed E-state index contributed by atoms with van der Waals surface area (Å²) >= 11 is 1.18. The maximum absolute atomic E-state index is 12.7. The van der Waals surface area contributed by atoms with Gasteiger partial charge in [-0.15, -0.1) is 13.2 Å². The first kappa shape index (κ1) is 17.8. The van der Waals surface area contributed by atoms with E-state index in [1.165, 1.54) is 22.6 Å². The second-order valence-electron chi connectivity index (χ2n) is 3.56. The van der Waals surface area contributed by atoms with E-state index in [0.717, 1.165) is 7.11 Å². The lowest BCUT2D eigenvalue weighted by atomic mass is 10.2. The van der Waals surface area contributed by atoms with Gasteiger partial charge < -0.3 is 9.47 Å². The molecule has 1 aromatic rings. The van der Waals surface area contributed by atoms with Gasteiger partial charge in [-0.3, -0.25) is 4.79 Å². The predicted molar refractivity (Wildman–Crippen MR) is 64.4 cm³/mol. The Labute approximate surface area is 127 Å². The number of methoxy groups -OCH3 is 1. The lowest BCUT2D eigenvalue weighted by Crippen LogP contribution is -2.21. The smallest absolute Gasteiger partial charge is 0.469 e. The van der Waals surface area contributed by atoms with Gasteiger partial charge in [0.2, 0.25) is 0 Å². The van der Waals surface area contributed by atoms with Crippen LogP contribution in [0.15, 0.2) is 6.07 Å². The number of hydrogen-bond acceptors (Lipinski definition) is 4. The maximum atomic E-state index is 12.7. The van der Waals surface area contributed by atoms with Crippen LogP contribution in [0.1, 0.15) is 11.4 Å². The summed E-state index contributed by atoms with van der Waals surface area (Å²) in [5.74, 6) is -2.03. The summed E-state index contributed by atoms with van der Waals surface area (Å²) in [4.78, 5) is 14.1. The number of nitrogens with zero attached hydrogens (tertiary/aromatic N) is 1. The summed E-state index contributed by atoms with van der Waals surface area (Å²) in [6, 6.07) is 0.516. The van der Waals surface area contributed by atoms with E-state index >= 15 is 0 Å². The van der Waals surface area contributed by atoms with Gasteiger partial charge in [-0.25, -0.2) is 4.98 Å². The molecule has 0 saturated heterocycles. The zero-order valence-electron chi connectivity index (χ0n) is 10.1. The monoisotopic (exact) mass is 429 g/mol. The summed E-state index contributed by atoms with van der Waals surface area (Å²) in [6.07, 6.45) is -10.9.